The van der Waals surface area contributed by atoms with Crippen LogP contribution in [0, 0.1) is 6.61 Å². The maximum Gasteiger partial charge on any atom is 0.0800 e. The molecule has 0 bridgehead atoms. The highest BCUT2D eigenvalue weighted by molar-refractivity contribution is 4.55. The fourth-order valence-electron chi connectivity index (χ4n) is 0.358. The summed E-state index contributed by atoms with van der Waals surface area (Å²) in [6, 6.07) is 0. The molecule has 3 heteroatoms. The normalized spacial score (nSPS) is 13.9. The smallest absolute Gasteiger partial charge is 0.0800 e. The lowest BCUT2D eigenvalue weighted by atomic mass is 10.2. The van der Waals surface area contributed by atoms with Crippen molar-refractivity contribution in [2.45, 2.75) is 18.9 Å². The van der Waals surface area contributed by atoms with Crippen molar-refractivity contribution in [1.82, 2.24) is 0 Å². The largest absolute Gasteiger partial charge is 0.394 e. The van der Waals surface area contributed by atoms with E-state index in [2.05, 4.69) is 0 Å². The summed E-state index contributed by atoms with van der Waals surface area (Å²) < 4.78 is 0. The van der Waals surface area contributed by atoms with Crippen LogP contribution in [-0.2, 0) is 0 Å². The predicted octanol–water partition coefficient (Wildman–Crippen LogP) is -0.346. The average molecular weight is 119 g/mol. The molecule has 0 aromatic rings. The molecule has 49 valence electrons. The molecule has 1 atom stereocenters. The number of aliphatic hydroxyl groups excluding tert-OH is 3. The van der Waals surface area contributed by atoms with Gasteiger partial charge in [-0.15, -0.1) is 0 Å². The topological polar surface area (TPSA) is 60.7 Å². The molecule has 0 aliphatic heterocycles. The second kappa shape index (κ2) is 5.03. The van der Waals surface area contributed by atoms with Crippen LogP contribution in [0.1, 0.15) is 12.8 Å². The van der Waals surface area contributed by atoms with Gasteiger partial charge in [0, 0.05) is 0 Å². The van der Waals surface area contributed by atoms with Crippen LogP contribution in [-0.4, -0.2) is 28.0 Å². The minimum Gasteiger partial charge on any atom is -0.394 e. The van der Waals surface area contributed by atoms with Gasteiger partial charge in [-0.2, -0.15) is 0 Å². The molecule has 0 aliphatic carbocycles. The van der Waals surface area contributed by atoms with Gasteiger partial charge in [-0.25, -0.2) is 0 Å². The minimum atomic E-state index is -0.682. The van der Waals surface area contributed by atoms with Crippen molar-refractivity contribution < 1.29 is 15.3 Å². The standard InChI is InChI=1S/C5H11O3/c6-3-1-2-5(8)4-7/h3,5-8H,1-2,4H2. The van der Waals surface area contributed by atoms with E-state index in [9.17, 15) is 0 Å². The Labute approximate surface area is 48.6 Å². The molecular formula is C5H11O3. The Kier molecular flexibility index (Phi) is 4.95. The van der Waals surface area contributed by atoms with Gasteiger partial charge in [0.25, 0.3) is 0 Å². The van der Waals surface area contributed by atoms with Crippen LogP contribution in [0.4, 0.5) is 0 Å². The monoisotopic (exact) mass is 119 g/mol. The maximum atomic E-state index is 8.61. The molecule has 3 N–H and O–H groups in total. The summed E-state index contributed by atoms with van der Waals surface area (Å²) in [5.41, 5.74) is 0. The molecule has 0 spiro atoms. The lowest BCUT2D eigenvalue weighted by Gasteiger charge is -2.02. The third-order valence-electron chi connectivity index (χ3n) is 0.840. The van der Waals surface area contributed by atoms with Crippen LogP contribution in [0.15, 0.2) is 0 Å². The summed E-state index contributed by atoms with van der Waals surface area (Å²) in [5.74, 6) is 0. The van der Waals surface area contributed by atoms with Crippen LogP contribution in [0.3, 0.4) is 0 Å². The zero-order valence-electron chi connectivity index (χ0n) is 4.62. The molecule has 0 aliphatic rings. The van der Waals surface area contributed by atoms with Crippen molar-refractivity contribution in [1.29, 1.82) is 0 Å². The number of rotatable bonds is 4. The fourth-order valence-corrected chi connectivity index (χ4v) is 0.358. The Morgan fingerprint density at radius 1 is 1.50 bits per heavy atom. The highest BCUT2D eigenvalue weighted by Gasteiger charge is 1.98. The molecular weight excluding hydrogens is 108 g/mol. The van der Waals surface area contributed by atoms with Gasteiger partial charge in [0.15, 0.2) is 0 Å². The summed E-state index contributed by atoms with van der Waals surface area (Å²) in [5, 5.41) is 24.9. The lowest BCUT2D eigenvalue weighted by Crippen LogP contribution is -2.10. The second-order valence-corrected chi connectivity index (χ2v) is 1.60. The van der Waals surface area contributed by atoms with Gasteiger partial charge >= 0.3 is 0 Å². The Morgan fingerprint density at radius 2 is 2.12 bits per heavy atom. The first-order valence-corrected chi connectivity index (χ1v) is 2.56. The first kappa shape index (κ1) is 7.88. The van der Waals surface area contributed by atoms with Crippen LogP contribution in [0.2, 0.25) is 0 Å². The summed E-state index contributed by atoms with van der Waals surface area (Å²) in [4.78, 5) is 0. The summed E-state index contributed by atoms with van der Waals surface area (Å²) >= 11 is 0. The Morgan fingerprint density at radius 3 is 2.50 bits per heavy atom. The Bertz CT molecular complexity index is 46.9. The van der Waals surface area contributed by atoms with Crippen LogP contribution in [0.5, 0.6) is 0 Å². The molecule has 0 aromatic carbocycles. The molecule has 8 heavy (non-hydrogen) atoms. The second-order valence-electron chi connectivity index (χ2n) is 1.60. The van der Waals surface area contributed by atoms with Crippen molar-refractivity contribution in [2.24, 2.45) is 0 Å². The van der Waals surface area contributed by atoms with Gasteiger partial charge in [-0.05, 0) is 12.8 Å². The third-order valence-corrected chi connectivity index (χ3v) is 0.840. The van der Waals surface area contributed by atoms with Gasteiger partial charge in [0.2, 0.25) is 0 Å². The minimum absolute atomic E-state index is 0.228. The summed E-state index contributed by atoms with van der Waals surface area (Å²) in [6.45, 7) is 0.743. The molecule has 1 radical (unpaired) electrons. The predicted molar refractivity (Wildman–Crippen MR) is 28.6 cm³/mol. The number of hydrogen-bond donors (Lipinski definition) is 3. The zero-order chi connectivity index (χ0) is 6.41. The molecule has 0 rings (SSSR count). The zero-order valence-corrected chi connectivity index (χ0v) is 4.62. The van der Waals surface area contributed by atoms with Gasteiger partial charge in [0.05, 0.1) is 19.3 Å². The first-order chi connectivity index (χ1) is 3.81. The van der Waals surface area contributed by atoms with E-state index in [0.29, 0.717) is 12.8 Å². The van der Waals surface area contributed by atoms with E-state index in [-0.39, 0.29) is 6.61 Å². The average Bonchev–Trinajstić information content (AvgIpc) is 1.83. The summed E-state index contributed by atoms with van der Waals surface area (Å²) in [6.07, 6.45) is 0.174. The molecule has 0 aromatic heterocycles. The van der Waals surface area contributed by atoms with Gasteiger partial charge in [-0.3, -0.25) is 0 Å². The van der Waals surface area contributed by atoms with Gasteiger partial charge in [0.1, 0.15) is 0 Å². The van der Waals surface area contributed by atoms with E-state index < -0.39 is 6.10 Å². The van der Waals surface area contributed by atoms with E-state index in [1.54, 1.807) is 0 Å². The highest BCUT2D eigenvalue weighted by Crippen LogP contribution is 1.95. The van der Waals surface area contributed by atoms with Crippen LogP contribution in [0.25, 0.3) is 0 Å². The number of hydrogen-bond acceptors (Lipinski definition) is 3. The molecule has 0 heterocycles. The molecule has 0 amide bonds. The van der Waals surface area contributed by atoms with E-state index in [1.807, 2.05) is 0 Å². The first-order valence-electron chi connectivity index (χ1n) is 2.56. The molecule has 0 saturated heterocycles. The molecule has 0 fully saturated rings. The SMILES string of the molecule is O[CH]CCC(O)CO. The molecule has 3 nitrogen and oxygen atoms in total. The third kappa shape index (κ3) is 4.05. The van der Waals surface area contributed by atoms with E-state index in [1.165, 1.54) is 0 Å². The lowest BCUT2D eigenvalue weighted by molar-refractivity contribution is 0.0855. The van der Waals surface area contributed by atoms with Crippen LogP contribution < -0.4 is 0 Å². The van der Waals surface area contributed by atoms with Crippen molar-refractivity contribution in [2.75, 3.05) is 6.61 Å². The molecule has 0 saturated carbocycles. The Hall–Kier alpha value is -0.120. The van der Waals surface area contributed by atoms with Crippen LogP contribution >= 0.6 is 0 Å². The maximum absolute atomic E-state index is 8.61. The van der Waals surface area contributed by atoms with Crippen molar-refractivity contribution >= 4 is 0 Å². The van der Waals surface area contributed by atoms with Crippen molar-refractivity contribution in [3.8, 4) is 0 Å². The quantitative estimate of drug-likeness (QED) is 0.474. The van der Waals surface area contributed by atoms with E-state index in [4.69, 9.17) is 15.3 Å². The summed E-state index contributed by atoms with van der Waals surface area (Å²) in [7, 11) is 0. The fraction of sp³-hybridized carbons (Fsp3) is 0.800. The number of aliphatic hydroxyl groups is 3. The molecule has 1 unspecified atom stereocenters. The van der Waals surface area contributed by atoms with Gasteiger partial charge < -0.3 is 15.3 Å². The Balaban J connectivity index is 2.86. The van der Waals surface area contributed by atoms with Gasteiger partial charge in [-0.1, -0.05) is 0 Å². The van der Waals surface area contributed by atoms with Crippen molar-refractivity contribution in [3.63, 3.8) is 0 Å². The van der Waals surface area contributed by atoms with E-state index in [0.717, 1.165) is 6.61 Å². The van der Waals surface area contributed by atoms with Crippen molar-refractivity contribution in [3.05, 3.63) is 6.61 Å². The van der Waals surface area contributed by atoms with E-state index >= 15 is 0 Å². The highest BCUT2D eigenvalue weighted by atomic mass is 16.3.